The van der Waals surface area contributed by atoms with E-state index in [2.05, 4.69) is 4.98 Å². The first kappa shape index (κ1) is 22.8. The molecule has 0 unspecified atom stereocenters. The van der Waals surface area contributed by atoms with Crippen LogP contribution in [0.25, 0.3) is 16.7 Å². The fourth-order valence-electron chi connectivity index (χ4n) is 3.86. The highest BCUT2D eigenvalue weighted by molar-refractivity contribution is 6.02. The van der Waals surface area contributed by atoms with E-state index in [0.29, 0.717) is 28.4 Å². The third-order valence-corrected chi connectivity index (χ3v) is 5.43. The van der Waals surface area contributed by atoms with Crippen molar-refractivity contribution in [3.63, 3.8) is 0 Å². The molecule has 2 aromatic carbocycles. The largest absolute Gasteiger partial charge is 0.497 e. The van der Waals surface area contributed by atoms with E-state index < -0.39 is 17.2 Å². The number of fused-ring (bicyclic) bond motifs is 1. The Hall–Kier alpha value is -4.40. The molecule has 0 spiro atoms. The van der Waals surface area contributed by atoms with Gasteiger partial charge in [-0.2, -0.15) is 0 Å². The molecule has 0 fully saturated rings. The van der Waals surface area contributed by atoms with Gasteiger partial charge in [-0.25, -0.2) is 19.1 Å². The number of ether oxygens (including phenoxy) is 3. The van der Waals surface area contributed by atoms with E-state index in [4.69, 9.17) is 14.2 Å². The van der Waals surface area contributed by atoms with Crippen molar-refractivity contribution in [2.45, 2.75) is 13.5 Å². The zero-order valence-corrected chi connectivity index (χ0v) is 19.2. The predicted molar refractivity (Wildman–Crippen MR) is 126 cm³/mol. The summed E-state index contributed by atoms with van der Waals surface area (Å²) in [6.45, 7) is 1.62. The molecule has 9 heteroatoms. The van der Waals surface area contributed by atoms with E-state index >= 15 is 0 Å². The number of esters is 1. The minimum Gasteiger partial charge on any atom is -0.497 e. The van der Waals surface area contributed by atoms with Crippen LogP contribution in [-0.2, 0) is 11.3 Å². The lowest BCUT2D eigenvalue weighted by Gasteiger charge is -2.17. The van der Waals surface area contributed by atoms with Crippen LogP contribution in [0.3, 0.4) is 0 Å². The van der Waals surface area contributed by atoms with Crippen LogP contribution >= 0.6 is 0 Å². The van der Waals surface area contributed by atoms with Crippen molar-refractivity contribution in [2.75, 3.05) is 21.3 Å². The lowest BCUT2D eigenvalue weighted by Crippen LogP contribution is -2.41. The molecule has 0 atom stereocenters. The number of hydrogen-bond acceptors (Lipinski definition) is 7. The van der Waals surface area contributed by atoms with Gasteiger partial charge in [0.1, 0.15) is 11.5 Å². The average molecular weight is 461 g/mol. The number of nitrogens with zero attached hydrogens (tertiary/aromatic N) is 3. The molecule has 0 amide bonds. The second-order valence-electron chi connectivity index (χ2n) is 7.53. The monoisotopic (exact) mass is 461 g/mol. The first-order chi connectivity index (χ1) is 16.4. The number of aryl methyl sites for hydroxylation is 1. The van der Waals surface area contributed by atoms with Crippen LogP contribution in [0.5, 0.6) is 11.5 Å². The molecule has 0 saturated carbocycles. The topological polar surface area (TPSA) is 102 Å². The Morgan fingerprint density at radius 3 is 2.44 bits per heavy atom. The smallest absolute Gasteiger partial charge is 0.338 e. The van der Waals surface area contributed by atoms with E-state index in [1.165, 1.54) is 32.0 Å². The second kappa shape index (κ2) is 9.22. The van der Waals surface area contributed by atoms with Gasteiger partial charge in [0.05, 0.1) is 44.5 Å². The van der Waals surface area contributed by atoms with Gasteiger partial charge in [-0.05, 0) is 42.8 Å². The molecule has 2 aromatic heterocycles. The van der Waals surface area contributed by atoms with Gasteiger partial charge in [-0.3, -0.25) is 9.36 Å². The minimum atomic E-state index is -0.703. The summed E-state index contributed by atoms with van der Waals surface area (Å²) in [5, 5.41) is -0.0224. The van der Waals surface area contributed by atoms with Crippen molar-refractivity contribution in [1.82, 2.24) is 14.1 Å². The van der Waals surface area contributed by atoms with Crippen molar-refractivity contribution in [3.05, 3.63) is 92.3 Å². The number of para-hydroxylation sites is 2. The fraction of sp³-hybridized carbons (Fsp3) is 0.200. The number of aromatic nitrogens is 3. The van der Waals surface area contributed by atoms with Crippen LogP contribution in [0.2, 0.25) is 0 Å². The fourth-order valence-corrected chi connectivity index (χ4v) is 3.86. The lowest BCUT2D eigenvalue weighted by molar-refractivity contribution is 0.0602. The number of hydrogen-bond donors (Lipinski definition) is 0. The predicted octanol–water partition coefficient (Wildman–Crippen LogP) is 2.71. The molecule has 9 nitrogen and oxygen atoms in total. The summed E-state index contributed by atoms with van der Waals surface area (Å²) in [6.07, 6.45) is 0. The summed E-state index contributed by atoms with van der Waals surface area (Å²) >= 11 is 0. The molecular weight excluding hydrogens is 438 g/mol. The summed E-state index contributed by atoms with van der Waals surface area (Å²) < 4.78 is 18.0. The summed E-state index contributed by atoms with van der Waals surface area (Å²) in [5.74, 6) is 0.287. The van der Waals surface area contributed by atoms with Gasteiger partial charge in [0.25, 0.3) is 5.56 Å². The molecule has 0 aliphatic rings. The van der Waals surface area contributed by atoms with Crippen LogP contribution < -0.4 is 20.7 Å². The maximum atomic E-state index is 13.8. The third kappa shape index (κ3) is 3.92. The van der Waals surface area contributed by atoms with E-state index in [1.54, 1.807) is 55.5 Å². The van der Waals surface area contributed by atoms with E-state index in [1.807, 2.05) is 0 Å². The maximum absolute atomic E-state index is 13.8. The molecular formula is C25H23N3O6. The zero-order valence-electron chi connectivity index (χ0n) is 19.2. The molecule has 0 radical (unpaired) electrons. The first-order valence-corrected chi connectivity index (χ1v) is 10.4. The highest BCUT2D eigenvalue weighted by Gasteiger charge is 2.24. The number of rotatable bonds is 6. The minimum absolute atomic E-state index is 0.0224. The Morgan fingerprint density at radius 2 is 1.74 bits per heavy atom. The van der Waals surface area contributed by atoms with Gasteiger partial charge in [-0.1, -0.05) is 24.3 Å². The number of benzene rings is 2. The van der Waals surface area contributed by atoms with E-state index in [9.17, 15) is 14.4 Å². The average Bonchev–Trinajstić information content (AvgIpc) is 2.86. The highest BCUT2D eigenvalue weighted by atomic mass is 16.5. The summed E-state index contributed by atoms with van der Waals surface area (Å²) in [5.41, 5.74) is 0.291. The van der Waals surface area contributed by atoms with Crippen molar-refractivity contribution in [2.24, 2.45) is 0 Å². The Morgan fingerprint density at radius 1 is 0.971 bits per heavy atom. The molecule has 0 aliphatic carbocycles. The highest BCUT2D eigenvalue weighted by Crippen LogP contribution is 2.25. The Labute approximate surface area is 194 Å². The molecule has 2 heterocycles. The van der Waals surface area contributed by atoms with Crippen LogP contribution in [0.15, 0.2) is 64.2 Å². The Balaban J connectivity index is 2.14. The van der Waals surface area contributed by atoms with Crippen LogP contribution in [0.1, 0.15) is 21.6 Å². The van der Waals surface area contributed by atoms with Gasteiger partial charge >= 0.3 is 11.7 Å². The molecule has 34 heavy (non-hydrogen) atoms. The molecule has 174 valence electrons. The molecule has 4 aromatic rings. The number of pyridine rings is 1. The molecule has 0 bridgehead atoms. The van der Waals surface area contributed by atoms with Crippen molar-refractivity contribution < 1.29 is 19.0 Å². The van der Waals surface area contributed by atoms with Crippen molar-refractivity contribution in [3.8, 4) is 17.2 Å². The van der Waals surface area contributed by atoms with Gasteiger partial charge in [0, 0.05) is 5.69 Å². The number of carbonyl (C=O) groups excluding carboxylic acids is 1. The first-order valence-electron chi connectivity index (χ1n) is 10.4. The number of methoxy groups -OCH3 is 3. The summed E-state index contributed by atoms with van der Waals surface area (Å²) in [6, 6.07) is 15.4. The molecule has 0 aliphatic heterocycles. The Bertz CT molecular complexity index is 1520. The van der Waals surface area contributed by atoms with E-state index in [0.717, 1.165) is 4.57 Å². The van der Waals surface area contributed by atoms with Crippen molar-refractivity contribution >= 4 is 17.0 Å². The Kier molecular flexibility index (Phi) is 6.18. The van der Waals surface area contributed by atoms with Crippen LogP contribution in [-0.4, -0.2) is 41.4 Å². The SMILES string of the molecule is COC(=O)c1cc(C)nc2c1c(=O)n(Cc1cccc(OC)c1)c(=O)n2-c1ccccc1OC. The van der Waals surface area contributed by atoms with Crippen LogP contribution in [0.4, 0.5) is 0 Å². The van der Waals surface area contributed by atoms with Gasteiger partial charge in [0.2, 0.25) is 0 Å². The van der Waals surface area contributed by atoms with Gasteiger partial charge in [0.15, 0.2) is 5.65 Å². The quantitative estimate of drug-likeness (QED) is 0.407. The van der Waals surface area contributed by atoms with Gasteiger partial charge < -0.3 is 14.2 Å². The normalized spacial score (nSPS) is 10.8. The summed E-state index contributed by atoms with van der Waals surface area (Å²) in [4.78, 5) is 44.5. The molecule has 4 rings (SSSR count). The number of carbonyl (C=O) groups is 1. The van der Waals surface area contributed by atoms with Crippen molar-refractivity contribution in [1.29, 1.82) is 0 Å². The van der Waals surface area contributed by atoms with E-state index in [-0.39, 0.29) is 23.1 Å². The zero-order chi connectivity index (χ0) is 24.4. The van der Waals surface area contributed by atoms with Gasteiger partial charge in [-0.15, -0.1) is 0 Å². The second-order valence-corrected chi connectivity index (χ2v) is 7.53. The molecule has 0 N–H and O–H groups in total. The standard InChI is InChI=1S/C25H23N3O6/c1-15-12-18(24(30)34-4)21-22(26-15)28(19-10-5-6-11-20(19)33-3)25(31)27(23(21)29)14-16-8-7-9-17(13-16)32-2/h5-13H,14H2,1-4H3. The molecule has 0 saturated heterocycles. The third-order valence-electron chi connectivity index (χ3n) is 5.43. The summed E-state index contributed by atoms with van der Waals surface area (Å²) in [7, 11) is 4.25. The lowest BCUT2D eigenvalue weighted by atomic mass is 10.1. The maximum Gasteiger partial charge on any atom is 0.338 e. The van der Waals surface area contributed by atoms with Crippen LogP contribution in [0, 0.1) is 6.92 Å².